The van der Waals surface area contributed by atoms with Crippen molar-refractivity contribution in [3.63, 3.8) is 0 Å². The van der Waals surface area contributed by atoms with E-state index in [9.17, 15) is 8.78 Å². The molecule has 1 aromatic carbocycles. The molecule has 1 nitrogen and oxygen atoms in total. The number of rotatable bonds is 3. The number of alkyl halides is 2. The van der Waals surface area contributed by atoms with E-state index in [1.165, 1.54) is 0 Å². The maximum atomic E-state index is 13.9. The third kappa shape index (κ3) is 2.59. The molecule has 2 rings (SSSR count). The highest BCUT2D eigenvalue weighted by molar-refractivity contribution is 5.22. The number of nitrogens with one attached hydrogen (secondary N) is 1. The zero-order valence-electron chi connectivity index (χ0n) is 9.47. The molecule has 1 fully saturated rings. The zero-order chi connectivity index (χ0) is 11.6. The largest absolute Gasteiger partial charge is 0.316 e. The van der Waals surface area contributed by atoms with E-state index >= 15 is 0 Å². The molecule has 0 radical (unpaired) electrons. The maximum absolute atomic E-state index is 13.9. The van der Waals surface area contributed by atoms with Crippen LogP contribution in [-0.2, 0) is 6.42 Å². The molecule has 1 heterocycles. The van der Waals surface area contributed by atoms with Gasteiger partial charge in [-0.15, -0.1) is 0 Å². The van der Waals surface area contributed by atoms with Gasteiger partial charge in [-0.1, -0.05) is 29.8 Å². The Morgan fingerprint density at radius 1 is 1.31 bits per heavy atom. The van der Waals surface area contributed by atoms with Gasteiger partial charge in [0.05, 0.1) is 0 Å². The molecule has 1 aliphatic heterocycles. The van der Waals surface area contributed by atoms with E-state index in [1.54, 1.807) is 12.1 Å². The normalized spacial score (nSPS) is 21.3. The van der Waals surface area contributed by atoms with Gasteiger partial charge in [0, 0.05) is 18.9 Å². The van der Waals surface area contributed by atoms with Crippen LogP contribution in [0.5, 0.6) is 0 Å². The molecule has 16 heavy (non-hydrogen) atoms. The van der Waals surface area contributed by atoms with Crippen LogP contribution in [0.1, 0.15) is 17.5 Å². The standard InChI is InChI=1S/C13H17F2N/c1-10-2-4-11(5-3-10)8-13(14,15)12-6-7-16-9-12/h2-5,12,16H,6-9H2,1H3. The van der Waals surface area contributed by atoms with Crippen LogP contribution in [0.2, 0.25) is 0 Å². The van der Waals surface area contributed by atoms with Crippen molar-refractivity contribution in [1.82, 2.24) is 5.32 Å². The van der Waals surface area contributed by atoms with Crippen molar-refractivity contribution < 1.29 is 8.78 Å². The van der Waals surface area contributed by atoms with Crippen LogP contribution in [0.15, 0.2) is 24.3 Å². The minimum absolute atomic E-state index is 0.139. The Morgan fingerprint density at radius 2 is 2.00 bits per heavy atom. The van der Waals surface area contributed by atoms with Crippen molar-refractivity contribution in [2.24, 2.45) is 5.92 Å². The average molecular weight is 225 g/mol. The first kappa shape index (κ1) is 11.5. The molecule has 0 amide bonds. The highest BCUT2D eigenvalue weighted by atomic mass is 19.3. The Morgan fingerprint density at radius 3 is 2.56 bits per heavy atom. The van der Waals surface area contributed by atoms with Crippen molar-refractivity contribution in [3.05, 3.63) is 35.4 Å². The summed E-state index contributed by atoms with van der Waals surface area (Å²) in [6.07, 6.45) is 0.443. The third-order valence-electron chi connectivity index (χ3n) is 3.22. The van der Waals surface area contributed by atoms with Crippen molar-refractivity contribution in [3.8, 4) is 0 Å². The van der Waals surface area contributed by atoms with Gasteiger partial charge in [-0.05, 0) is 25.5 Å². The lowest BCUT2D eigenvalue weighted by atomic mass is 9.94. The molecule has 1 aromatic rings. The van der Waals surface area contributed by atoms with Crippen LogP contribution >= 0.6 is 0 Å². The smallest absolute Gasteiger partial charge is 0.256 e. The van der Waals surface area contributed by atoms with Crippen LogP contribution in [0.25, 0.3) is 0 Å². The molecule has 1 unspecified atom stereocenters. The molecule has 0 spiro atoms. The lowest BCUT2D eigenvalue weighted by molar-refractivity contribution is -0.0499. The molecule has 1 saturated heterocycles. The lowest BCUT2D eigenvalue weighted by Crippen LogP contribution is -2.32. The first-order valence-corrected chi connectivity index (χ1v) is 5.72. The Hall–Kier alpha value is -0.960. The number of hydrogen-bond acceptors (Lipinski definition) is 1. The van der Waals surface area contributed by atoms with Crippen LogP contribution in [0.4, 0.5) is 8.78 Å². The lowest BCUT2D eigenvalue weighted by Gasteiger charge is -2.22. The van der Waals surface area contributed by atoms with Crippen molar-refractivity contribution in [2.75, 3.05) is 13.1 Å². The van der Waals surface area contributed by atoms with Crippen LogP contribution in [-0.4, -0.2) is 19.0 Å². The fraction of sp³-hybridized carbons (Fsp3) is 0.538. The predicted molar refractivity (Wildman–Crippen MR) is 60.8 cm³/mol. The van der Waals surface area contributed by atoms with E-state index in [0.29, 0.717) is 19.5 Å². The Balaban J connectivity index is 2.04. The summed E-state index contributed by atoms with van der Waals surface area (Å²) in [7, 11) is 0. The van der Waals surface area contributed by atoms with Crippen LogP contribution in [0.3, 0.4) is 0 Å². The van der Waals surface area contributed by atoms with E-state index < -0.39 is 11.8 Å². The van der Waals surface area contributed by atoms with Crippen molar-refractivity contribution >= 4 is 0 Å². The van der Waals surface area contributed by atoms with Gasteiger partial charge in [0.2, 0.25) is 0 Å². The molecular formula is C13H17F2N. The second kappa shape index (κ2) is 4.50. The number of halogens is 2. The van der Waals surface area contributed by atoms with Gasteiger partial charge in [0.25, 0.3) is 5.92 Å². The number of hydrogen-bond donors (Lipinski definition) is 1. The van der Waals surface area contributed by atoms with Crippen molar-refractivity contribution in [1.29, 1.82) is 0 Å². The van der Waals surface area contributed by atoms with Crippen LogP contribution in [0, 0.1) is 12.8 Å². The second-order valence-corrected chi connectivity index (χ2v) is 4.61. The minimum Gasteiger partial charge on any atom is -0.316 e. The maximum Gasteiger partial charge on any atom is 0.256 e. The summed E-state index contributed by atoms with van der Waals surface area (Å²) >= 11 is 0. The average Bonchev–Trinajstić information content (AvgIpc) is 2.75. The van der Waals surface area contributed by atoms with E-state index in [1.807, 2.05) is 19.1 Å². The SMILES string of the molecule is Cc1ccc(CC(F)(F)C2CCNC2)cc1. The monoisotopic (exact) mass is 225 g/mol. The number of aryl methyl sites for hydroxylation is 1. The summed E-state index contributed by atoms with van der Waals surface area (Å²) in [6, 6.07) is 7.37. The molecule has 1 aliphatic rings. The third-order valence-corrected chi connectivity index (χ3v) is 3.22. The van der Waals surface area contributed by atoms with Gasteiger partial charge in [-0.2, -0.15) is 0 Å². The Kier molecular flexibility index (Phi) is 3.24. The summed E-state index contributed by atoms with van der Waals surface area (Å²) in [6.45, 7) is 3.12. The topological polar surface area (TPSA) is 12.0 Å². The fourth-order valence-electron chi connectivity index (χ4n) is 2.14. The van der Waals surface area contributed by atoms with Gasteiger partial charge in [-0.25, -0.2) is 8.78 Å². The molecule has 1 atom stereocenters. The summed E-state index contributed by atoms with van der Waals surface area (Å²) in [5.74, 6) is -3.09. The predicted octanol–water partition coefficient (Wildman–Crippen LogP) is 2.78. The van der Waals surface area contributed by atoms with Crippen molar-refractivity contribution in [2.45, 2.75) is 25.7 Å². The van der Waals surface area contributed by atoms with Gasteiger partial charge in [0.1, 0.15) is 0 Å². The van der Waals surface area contributed by atoms with Gasteiger partial charge in [0.15, 0.2) is 0 Å². The molecule has 0 saturated carbocycles. The quantitative estimate of drug-likeness (QED) is 0.834. The fourth-order valence-corrected chi connectivity index (χ4v) is 2.14. The van der Waals surface area contributed by atoms with Gasteiger partial charge >= 0.3 is 0 Å². The Labute approximate surface area is 94.9 Å². The molecule has 0 bridgehead atoms. The summed E-state index contributed by atoms with van der Waals surface area (Å²) < 4.78 is 27.8. The zero-order valence-corrected chi connectivity index (χ0v) is 9.47. The minimum atomic E-state index is -2.58. The van der Waals surface area contributed by atoms with Gasteiger partial charge in [-0.3, -0.25) is 0 Å². The highest BCUT2D eigenvalue weighted by Gasteiger charge is 2.40. The van der Waals surface area contributed by atoms with E-state index in [0.717, 1.165) is 11.1 Å². The number of benzene rings is 1. The van der Waals surface area contributed by atoms with E-state index in [4.69, 9.17) is 0 Å². The Bertz CT molecular complexity index is 339. The first-order valence-electron chi connectivity index (χ1n) is 5.72. The van der Waals surface area contributed by atoms with Gasteiger partial charge < -0.3 is 5.32 Å². The highest BCUT2D eigenvalue weighted by Crippen LogP contribution is 2.32. The first-order chi connectivity index (χ1) is 7.58. The molecule has 0 aliphatic carbocycles. The summed E-state index contributed by atoms with van der Waals surface area (Å²) in [5.41, 5.74) is 1.83. The van der Waals surface area contributed by atoms with Crippen LogP contribution < -0.4 is 5.32 Å². The van der Waals surface area contributed by atoms with E-state index in [-0.39, 0.29) is 6.42 Å². The molecule has 0 aromatic heterocycles. The molecule has 88 valence electrons. The van der Waals surface area contributed by atoms with E-state index in [2.05, 4.69) is 5.32 Å². The molecule has 3 heteroatoms. The molecular weight excluding hydrogens is 208 g/mol. The molecule has 1 N–H and O–H groups in total. The second-order valence-electron chi connectivity index (χ2n) is 4.61. The summed E-state index contributed by atoms with van der Waals surface area (Å²) in [5, 5.41) is 2.99. The summed E-state index contributed by atoms with van der Waals surface area (Å²) in [4.78, 5) is 0.